The Bertz CT molecular complexity index is 463. The van der Waals surface area contributed by atoms with Gasteiger partial charge in [-0.05, 0) is 18.1 Å². The molecular formula is C15H21ClN2O2. The molecule has 0 aromatic heterocycles. The Morgan fingerprint density at radius 2 is 2.00 bits per heavy atom. The van der Waals surface area contributed by atoms with E-state index in [0.717, 1.165) is 18.4 Å². The lowest BCUT2D eigenvalue weighted by molar-refractivity contribution is -0.134. The maximum Gasteiger partial charge on any atom is 0.239 e. The van der Waals surface area contributed by atoms with Gasteiger partial charge in [0.2, 0.25) is 11.8 Å². The molecule has 0 radical (unpaired) electrons. The molecule has 1 rings (SSSR count). The van der Waals surface area contributed by atoms with Crippen molar-refractivity contribution in [3.05, 3.63) is 34.9 Å². The molecule has 0 aliphatic carbocycles. The van der Waals surface area contributed by atoms with Gasteiger partial charge < -0.3 is 10.2 Å². The maximum absolute atomic E-state index is 11.8. The number of hydrogen-bond acceptors (Lipinski definition) is 2. The second-order valence-electron chi connectivity index (χ2n) is 4.67. The highest BCUT2D eigenvalue weighted by atomic mass is 35.5. The van der Waals surface area contributed by atoms with Crippen molar-refractivity contribution in [3.63, 3.8) is 0 Å². The van der Waals surface area contributed by atoms with Crippen LogP contribution in [0, 0.1) is 0 Å². The van der Waals surface area contributed by atoms with E-state index in [4.69, 9.17) is 11.6 Å². The lowest BCUT2D eigenvalue weighted by Gasteiger charge is -2.21. The molecule has 0 saturated carbocycles. The molecule has 5 heteroatoms. The van der Waals surface area contributed by atoms with Gasteiger partial charge in [-0.15, -0.1) is 0 Å². The largest absolute Gasteiger partial charge is 0.355 e. The van der Waals surface area contributed by atoms with E-state index < -0.39 is 0 Å². The summed E-state index contributed by atoms with van der Waals surface area (Å²) in [7, 11) is 0. The first-order valence-corrected chi connectivity index (χ1v) is 7.18. The molecule has 1 aromatic carbocycles. The number of nitrogens with zero attached hydrogens (tertiary/aromatic N) is 1. The highest BCUT2D eigenvalue weighted by molar-refractivity contribution is 6.31. The highest BCUT2D eigenvalue weighted by Gasteiger charge is 2.14. The fourth-order valence-electron chi connectivity index (χ4n) is 1.74. The predicted molar refractivity (Wildman–Crippen MR) is 80.5 cm³/mol. The van der Waals surface area contributed by atoms with E-state index in [1.165, 1.54) is 11.8 Å². The molecular weight excluding hydrogens is 276 g/mol. The Hall–Kier alpha value is -1.55. The summed E-state index contributed by atoms with van der Waals surface area (Å²) in [5.41, 5.74) is 0.839. The van der Waals surface area contributed by atoms with E-state index >= 15 is 0 Å². The molecule has 0 bridgehead atoms. The van der Waals surface area contributed by atoms with Crippen molar-refractivity contribution in [3.8, 4) is 0 Å². The average Bonchev–Trinajstić information content (AvgIpc) is 2.40. The van der Waals surface area contributed by atoms with Crippen LogP contribution in [0.2, 0.25) is 5.02 Å². The standard InChI is InChI=1S/C15H21ClN2O2/c1-3-4-9-17-15(20)11-18(12(2)19)10-13-7-5-6-8-14(13)16/h5-8H,3-4,9-11H2,1-2H3,(H,17,20). The van der Waals surface area contributed by atoms with E-state index in [2.05, 4.69) is 12.2 Å². The lowest BCUT2D eigenvalue weighted by Crippen LogP contribution is -2.39. The molecule has 0 unspecified atom stereocenters. The molecule has 0 fully saturated rings. The zero-order valence-electron chi connectivity index (χ0n) is 12.0. The van der Waals surface area contributed by atoms with Crippen molar-refractivity contribution in [1.82, 2.24) is 10.2 Å². The van der Waals surface area contributed by atoms with Crippen LogP contribution in [0.25, 0.3) is 0 Å². The molecule has 0 aliphatic rings. The van der Waals surface area contributed by atoms with Crippen LogP contribution in [0.3, 0.4) is 0 Å². The smallest absolute Gasteiger partial charge is 0.239 e. The van der Waals surface area contributed by atoms with E-state index in [0.29, 0.717) is 18.1 Å². The molecule has 0 saturated heterocycles. The number of carbonyl (C=O) groups excluding carboxylic acids is 2. The Kier molecular flexibility index (Phi) is 7.09. The van der Waals surface area contributed by atoms with Crippen molar-refractivity contribution in [1.29, 1.82) is 0 Å². The number of unbranched alkanes of at least 4 members (excludes halogenated alkanes) is 1. The molecule has 0 spiro atoms. The van der Waals surface area contributed by atoms with Crippen molar-refractivity contribution >= 4 is 23.4 Å². The minimum absolute atomic E-state index is 0.0598. The van der Waals surface area contributed by atoms with Crippen molar-refractivity contribution in [2.45, 2.75) is 33.2 Å². The van der Waals surface area contributed by atoms with E-state index in [-0.39, 0.29) is 18.4 Å². The van der Waals surface area contributed by atoms with Crippen LogP contribution in [0.1, 0.15) is 32.3 Å². The van der Waals surface area contributed by atoms with Crippen LogP contribution in [-0.4, -0.2) is 29.8 Å². The summed E-state index contributed by atoms with van der Waals surface area (Å²) in [5.74, 6) is -0.281. The van der Waals surface area contributed by atoms with E-state index in [9.17, 15) is 9.59 Å². The van der Waals surface area contributed by atoms with Crippen LogP contribution in [0.4, 0.5) is 0 Å². The molecule has 2 amide bonds. The molecule has 20 heavy (non-hydrogen) atoms. The number of halogens is 1. The van der Waals surface area contributed by atoms with Gasteiger partial charge in [-0.2, -0.15) is 0 Å². The Labute approximate surface area is 125 Å². The molecule has 1 aromatic rings. The predicted octanol–water partition coefficient (Wildman–Crippen LogP) is 2.60. The van der Waals surface area contributed by atoms with Gasteiger partial charge in [0, 0.05) is 25.0 Å². The first-order valence-electron chi connectivity index (χ1n) is 6.80. The fourth-order valence-corrected chi connectivity index (χ4v) is 1.94. The molecule has 110 valence electrons. The monoisotopic (exact) mass is 296 g/mol. The summed E-state index contributed by atoms with van der Waals surface area (Å²) in [5, 5.41) is 3.41. The fraction of sp³-hybridized carbons (Fsp3) is 0.467. The summed E-state index contributed by atoms with van der Waals surface area (Å²) in [6.45, 7) is 4.56. The number of nitrogens with one attached hydrogen (secondary N) is 1. The van der Waals surface area contributed by atoms with Crippen molar-refractivity contribution in [2.24, 2.45) is 0 Å². The molecule has 0 atom stereocenters. The molecule has 0 aliphatic heterocycles. The summed E-state index contributed by atoms with van der Waals surface area (Å²) in [4.78, 5) is 24.9. The number of amides is 2. The number of carbonyl (C=O) groups is 2. The Balaban J connectivity index is 2.59. The third kappa shape index (κ3) is 5.61. The molecule has 4 nitrogen and oxygen atoms in total. The zero-order valence-corrected chi connectivity index (χ0v) is 12.7. The van der Waals surface area contributed by atoms with Gasteiger partial charge in [-0.3, -0.25) is 9.59 Å². The van der Waals surface area contributed by atoms with E-state index in [1.807, 2.05) is 18.2 Å². The Morgan fingerprint density at radius 1 is 1.30 bits per heavy atom. The summed E-state index contributed by atoms with van der Waals surface area (Å²) in [6, 6.07) is 7.33. The number of rotatable bonds is 7. The quantitative estimate of drug-likeness (QED) is 0.786. The van der Waals surface area contributed by atoms with Gasteiger partial charge in [0.15, 0.2) is 0 Å². The minimum Gasteiger partial charge on any atom is -0.355 e. The van der Waals surface area contributed by atoms with Gasteiger partial charge in [0.05, 0.1) is 6.54 Å². The maximum atomic E-state index is 11.8. The highest BCUT2D eigenvalue weighted by Crippen LogP contribution is 2.16. The Morgan fingerprint density at radius 3 is 2.60 bits per heavy atom. The summed E-state index contributed by atoms with van der Waals surface area (Å²) >= 11 is 6.07. The van der Waals surface area contributed by atoms with Gasteiger partial charge >= 0.3 is 0 Å². The second kappa shape index (κ2) is 8.59. The minimum atomic E-state index is -0.143. The van der Waals surface area contributed by atoms with Crippen molar-refractivity contribution < 1.29 is 9.59 Å². The third-order valence-electron chi connectivity index (χ3n) is 2.95. The SMILES string of the molecule is CCCCNC(=O)CN(Cc1ccccc1Cl)C(C)=O. The van der Waals surface area contributed by atoms with Gasteiger partial charge in [0.1, 0.15) is 0 Å². The van der Waals surface area contributed by atoms with Crippen LogP contribution in [0.15, 0.2) is 24.3 Å². The first-order chi connectivity index (χ1) is 9.54. The van der Waals surface area contributed by atoms with E-state index in [1.54, 1.807) is 6.07 Å². The normalized spacial score (nSPS) is 10.2. The summed E-state index contributed by atoms with van der Waals surface area (Å²) < 4.78 is 0. The van der Waals surface area contributed by atoms with Gasteiger partial charge in [-0.25, -0.2) is 0 Å². The van der Waals surface area contributed by atoms with Crippen LogP contribution in [-0.2, 0) is 16.1 Å². The number of hydrogen-bond donors (Lipinski definition) is 1. The molecule has 0 heterocycles. The van der Waals surface area contributed by atoms with Crippen LogP contribution in [0.5, 0.6) is 0 Å². The topological polar surface area (TPSA) is 49.4 Å². The van der Waals surface area contributed by atoms with Gasteiger partial charge in [0.25, 0.3) is 0 Å². The zero-order chi connectivity index (χ0) is 15.0. The average molecular weight is 297 g/mol. The van der Waals surface area contributed by atoms with Crippen LogP contribution < -0.4 is 5.32 Å². The lowest BCUT2D eigenvalue weighted by atomic mass is 10.2. The summed E-state index contributed by atoms with van der Waals surface area (Å²) in [6.07, 6.45) is 1.96. The third-order valence-corrected chi connectivity index (χ3v) is 3.32. The van der Waals surface area contributed by atoms with Crippen molar-refractivity contribution in [2.75, 3.05) is 13.1 Å². The number of benzene rings is 1. The van der Waals surface area contributed by atoms with Crippen LogP contribution >= 0.6 is 11.6 Å². The first kappa shape index (κ1) is 16.5. The van der Waals surface area contributed by atoms with Gasteiger partial charge in [-0.1, -0.05) is 43.1 Å². The molecule has 1 N–H and O–H groups in total. The second-order valence-corrected chi connectivity index (χ2v) is 5.08.